The van der Waals surface area contributed by atoms with Crippen LogP contribution in [0.15, 0.2) is 60.7 Å². The second kappa shape index (κ2) is 12.8. The Kier molecular flexibility index (Phi) is 9.44. The maximum atomic E-state index is 14.5. The van der Waals surface area contributed by atoms with Crippen molar-refractivity contribution in [3.8, 4) is 5.75 Å². The second-order valence-corrected chi connectivity index (χ2v) is 12.3. The number of benzene rings is 3. The average molecular weight is 574 g/mol. The predicted octanol–water partition coefficient (Wildman–Crippen LogP) is 6.85. The number of nitrogens with zero attached hydrogens (tertiary/aromatic N) is 1. The van der Waals surface area contributed by atoms with Crippen molar-refractivity contribution in [1.82, 2.24) is 10.2 Å². The fourth-order valence-corrected chi connectivity index (χ4v) is 5.23. The van der Waals surface area contributed by atoms with Crippen molar-refractivity contribution in [1.29, 1.82) is 0 Å². The Morgan fingerprint density at radius 1 is 1.02 bits per heavy atom. The van der Waals surface area contributed by atoms with Gasteiger partial charge in [0.15, 0.2) is 0 Å². The lowest BCUT2D eigenvalue weighted by Crippen LogP contribution is -2.58. The smallest absolute Gasteiger partial charge is 0.408 e. The third-order valence-electron chi connectivity index (χ3n) is 7.95. The highest BCUT2D eigenvalue weighted by molar-refractivity contribution is 6.00. The molecule has 0 saturated heterocycles. The number of fused-ring (bicyclic) bond motifs is 1. The van der Waals surface area contributed by atoms with Gasteiger partial charge in [0, 0.05) is 11.7 Å². The van der Waals surface area contributed by atoms with Crippen molar-refractivity contribution in [2.24, 2.45) is 5.92 Å². The predicted molar refractivity (Wildman–Crippen MR) is 165 cm³/mol. The minimum atomic E-state index is -0.986. The third-order valence-corrected chi connectivity index (χ3v) is 7.95. The number of rotatable bonds is 9. The minimum Gasteiger partial charge on any atom is -0.508 e. The number of aromatic hydroxyl groups is 1. The lowest BCUT2D eigenvalue weighted by atomic mass is 9.86. The first-order chi connectivity index (χ1) is 19.9. The van der Waals surface area contributed by atoms with Crippen LogP contribution in [0.4, 0.5) is 10.5 Å². The van der Waals surface area contributed by atoms with Crippen LogP contribution in [0, 0.1) is 12.8 Å². The molecule has 3 unspecified atom stereocenters. The number of ether oxygens (including phenoxy) is 1. The van der Waals surface area contributed by atoms with Crippen molar-refractivity contribution in [3.05, 3.63) is 71.8 Å². The number of phenols is 1. The molecule has 1 aliphatic carbocycles. The number of alkyl carbamates (subject to hydrolysis) is 1. The van der Waals surface area contributed by atoms with Crippen molar-refractivity contribution >= 4 is 34.4 Å². The molecule has 1 aliphatic rings. The number of hydrogen-bond donors (Lipinski definition) is 3. The number of aryl methyl sites for hydroxylation is 1. The Labute approximate surface area is 248 Å². The largest absolute Gasteiger partial charge is 0.508 e. The molecule has 0 aliphatic heterocycles. The molecule has 0 spiro atoms. The molecule has 0 radical (unpaired) electrons. The van der Waals surface area contributed by atoms with Crippen LogP contribution in [-0.4, -0.2) is 45.6 Å². The number of phenolic OH excluding ortho intramolecular Hbond substituents is 1. The number of nitrogens with one attached hydrogen (secondary N) is 2. The summed E-state index contributed by atoms with van der Waals surface area (Å²) in [6.07, 6.45) is 2.41. The molecular weight excluding hydrogens is 530 g/mol. The summed E-state index contributed by atoms with van der Waals surface area (Å²) in [6.45, 7) is 10.9. The highest BCUT2D eigenvalue weighted by Crippen LogP contribution is 2.36. The Hall–Kier alpha value is -4.07. The molecule has 0 aromatic heterocycles. The molecule has 1 saturated carbocycles. The molecule has 8 nitrogen and oxygen atoms in total. The van der Waals surface area contributed by atoms with Gasteiger partial charge in [-0.1, -0.05) is 56.7 Å². The van der Waals surface area contributed by atoms with E-state index in [2.05, 4.69) is 10.6 Å². The molecule has 3 N–H and O–H groups in total. The summed E-state index contributed by atoms with van der Waals surface area (Å²) in [6, 6.07) is 16.5. The van der Waals surface area contributed by atoms with Gasteiger partial charge in [0.1, 0.15) is 23.4 Å². The molecular formula is C34H43N3O5. The van der Waals surface area contributed by atoms with Crippen LogP contribution in [0.3, 0.4) is 0 Å². The van der Waals surface area contributed by atoms with E-state index in [1.54, 1.807) is 50.8 Å². The SMILES string of the molecule is CCC(C)C(NC(=O)OC(C)(C)C)C(=O)N(C1CCC1)C(C(=O)Nc1ccc2ccccc2c1)c1ccc(O)c(C)c1. The normalized spacial score (nSPS) is 15.7. The first-order valence-corrected chi connectivity index (χ1v) is 14.8. The van der Waals surface area contributed by atoms with Crippen LogP contribution < -0.4 is 10.6 Å². The van der Waals surface area contributed by atoms with Crippen molar-refractivity contribution < 1.29 is 24.2 Å². The molecule has 8 heteroatoms. The summed E-state index contributed by atoms with van der Waals surface area (Å²) >= 11 is 0. The van der Waals surface area contributed by atoms with Gasteiger partial charge in [0.05, 0.1) is 0 Å². The Bertz CT molecular complexity index is 1440. The van der Waals surface area contributed by atoms with Gasteiger partial charge in [0.2, 0.25) is 5.91 Å². The average Bonchev–Trinajstić information content (AvgIpc) is 2.90. The standard InChI is InChI=1S/C34H43N3O5/c1-7-21(2)29(36-33(41)42-34(4,5)6)32(40)37(27-13-10-14-27)30(25-16-18-28(38)22(3)19-25)31(39)35-26-17-15-23-11-8-9-12-24(23)20-26/h8-9,11-12,15-21,27,29-30,38H,7,10,13-14H2,1-6H3,(H,35,39)(H,36,41). The molecule has 3 amide bonds. The van der Waals surface area contributed by atoms with Crippen molar-refractivity contribution in [2.45, 2.75) is 91.0 Å². The van der Waals surface area contributed by atoms with Crippen LogP contribution in [-0.2, 0) is 14.3 Å². The van der Waals surface area contributed by atoms with E-state index in [9.17, 15) is 19.5 Å². The van der Waals surface area contributed by atoms with Crippen LogP contribution in [0.25, 0.3) is 10.8 Å². The van der Waals surface area contributed by atoms with Gasteiger partial charge in [-0.25, -0.2) is 4.79 Å². The Morgan fingerprint density at radius 2 is 1.71 bits per heavy atom. The number of carbonyl (C=O) groups excluding carboxylic acids is 3. The summed E-state index contributed by atoms with van der Waals surface area (Å²) in [4.78, 5) is 43.2. The Morgan fingerprint density at radius 3 is 2.31 bits per heavy atom. The van der Waals surface area contributed by atoms with Gasteiger partial charge >= 0.3 is 6.09 Å². The molecule has 3 aromatic rings. The van der Waals surface area contributed by atoms with Crippen molar-refractivity contribution in [3.63, 3.8) is 0 Å². The maximum absolute atomic E-state index is 14.5. The Balaban J connectivity index is 1.75. The zero-order valence-electron chi connectivity index (χ0n) is 25.4. The first kappa shape index (κ1) is 30.9. The van der Waals surface area contributed by atoms with Gasteiger partial charge in [-0.05, 0) is 99.0 Å². The highest BCUT2D eigenvalue weighted by atomic mass is 16.6. The zero-order valence-corrected chi connectivity index (χ0v) is 25.4. The fourth-order valence-electron chi connectivity index (χ4n) is 5.23. The fraction of sp³-hybridized carbons (Fsp3) is 0.441. The third kappa shape index (κ3) is 7.22. The van der Waals surface area contributed by atoms with Gasteiger partial charge in [-0.15, -0.1) is 0 Å². The number of carbonyl (C=O) groups is 3. The van der Waals surface area contributed by atoms with Crippen molar-refractivity contribution in [2.75, 3.05) is 5.32 Å². The lowest BCUT2D eigenvalue weighted by Gasteiger charge is -2.44. The molecule has 3 aromatic carbocycles. The quantitative estimate of drug-likeness (QED) is 0.259. The van der Waals surface area contributed by atoms with E-state index < -0.39 is 23.8 Å². The second-order valence-electron chi connectivity index (χ2n) is 12.3. The van der Waals surface area contributed by atoms with E-state index in [0.717, 1.165) is 30.0 Å². The zero-order chi connectivity index (χ0) is 30.6. The summed E-state index contributed by atoms with van der Waals surface area (Å²) < 4.78 is 5.50. The molecule has 3 atom stereocenters. The van der Waals surface area contributed by atoms with E-state index in [4.69, 9.17) is 4.74 Å². The molecule has 0 bridgehead atoms. The molecule has 0 heterocycles. The van der Waals surface area contributed by atoms with Gasteiger partial charge in [-0.2, -0.15) is 0 Å². The minimum absolute atomic E-state index is 0.109. The van der Waals surface area contributed by atoms with E-state index in [1.807, 2.05) is 56.3 Å². The molecule has 4 rings (SSSR count). The van der Waals surface area contributed by atoms with E-state index in [1.165, 1.54) is 0 Å². The lowest BCUT2D eigenvalue weighted by molar-refractivity contribution is -0.147. The molecule has 42 heavy (non-hydrogen) atoms. The summed E-state index contributed by atoms with van der Waals surface area (Å²) in [5, 5.41) is 18.2. The van der Waals surface area contributed by atoms with E-state index >= 15 is 0 Å². The maximum Gasteiger partial charge on any atom is 0.408 e. The van der Waals surface area contributed by atoms with Crippen LogP contribution in [0.2, 0.25) is 0 Å². The van der Waals surface area contributed by atoms with E-state index in [0.29, 0.717) is 23.2 Å². The van der Waals surface area contributed by atoms with Gasteiger partial charge in [-0.3, -0.25) is 9.59 Å². The van der Waals surface area contributed by atoms with E-state index in [-0.39, 0.29) is 29.5 Å². The van der Waals surface area contributed by atoms with Crippen LogP contribution >= 0.6 is 0 Å². The number of anilines is 1. The van der Waals surface area contributed by atoms with Crippen LogP contribution in [0.5, 0.6) is 5.75 Å². The van der Waals surface area contributed by atoms with Gasteiger partial charge in [0.25, 0.3) is 5.91 Å². The summed E-state index contributed by atoms with van der Waals surface area (Å²) in [5.41, 5.74) is 1.07. The monoisotopic (exact) mass is 573 g/mol. The molecule has 224 valence electrons. The summed E-state index contributed by atoms with van der Waals surface area (Å²) in [7, 11) is 0. The first-order valence-electron chi connectivity index (χ1n) is 14.8. The van der Waals surface area contributed by atoms with Gasteiger partial charge < -0.3 is 25.4 Å². The number of amides is 3. The molecule has 1 fully saturated rings. The highest BCUT2D eigenvalue weighted by Gasteiger charge is 2.43. The van der Waals surface area contributed by atoms with Crippen LogP contribution in [0.1, 0.15) is 77.5 Å². The summed E-state index contributed by atoms with van der Waals surface area (Å²) in [5.74, 6) is -0.795. The number of hydrogen-bond acceptors (Lipinski definition) is 5. The topological polar surface area (TPSA) is 108 Å².